The zero-order valence-electron chi connectivity index (χ0n) is 9.02. The molecule has 1 heterocycles. The average molecular weight is 257 g/mol. The molecule has 1 aromatic rings. The Labute approximate surface area is 103 Å². The van der Waals surface area contributed by atoms with Gasteiger partial charge in [-0.05, 0) is 12.1 Å². The molecule has 4 atom stereocenters. The van der Waals surface area contributed by atoms with E-state index in [0.717, 1.165) is 10.6 Å². The van der Waals surface area contributed by atoms with Gasteiger partial charge in [-0.2, -0.15) is 0 Å². The number of fused-ring (bicyclic) bond motifs is 1. The zero-order chi connectivity index (χ0) is 12.4. The Kier molecular flexibility index (Phi) is 3.90. The van der Waals surface area contributed by atoms with Crippen LogP contribution in [-0.2, 0) is 0 Å². The number of thioether (sulfide) groups is 1. The second-order valence-corrected chi connectivity index (χ2v) is 5.09. The molecular weight excluding hydrogens is 242 g/mol. The van der Waals surface area contributed by atoms with Gasteiger partial charge in [0.25, 0.3) is 0 Å². The zero-order valence-corrected chi connectivity index (χ0v) is 9.84. The number of aliphatic hydroxyl groups is 4. The van der Waals surface area contributed by atoms with Crippen LogP contribution < -0.4 is 5.32 Å². The van der Waals surface area contributed by atoms with Gasteiger partial charge in [0.15, 0.2) is 0 Å². The number of nitrogens with one attached hydrogen (secondary N) is 1. The van der Waals surface area contributed by atoms with Crippen molar-refractivity contribution in [1.29, 1.82) is 0 Å². The van der Waals surface area contributed by atoms with Crippen LogP contribution in [0.5, 0.6) is 0 Å². The fraction of sp³-hybridized carbons (Fsp3) is 0.455. The number of hydrogen-bond donors (Lipinski definition) is 5. The van der Waals surface area contributed by atoms with Gasteiger partial charge < -0.3 is 25.7 Å². The third-order valence-corrected chi connectivity index (χ3v) is 3.94. The SMILES string of the molecule is OCC(O)C(O)C(O)C1Nc2ccccc2S1. The molecule has 17 heavy (non-hydrogen) atoms. The lowest BCUT2D eigenvalue weighted by Gasteiger charge is -2.25. The number of rotatable bonds is 4. The second-order valence-electron chi connectivity index (χ2n) is 3.91. The van der Waals surface area contributed by atoms with Crippen molar-refractivity contribution in [2.75, 3.05) is 11.9 Å². The maximum Gasteiger partial charge on any atom is 0.112 e. The molecule has 0 saturated carbocycles. The summed E-state index contributed by atoms with van der Waals surface area (Å²) in [6.45, 7) is -0.581. The van der Waals surface area contributed by atoms with Crippen molar-refractivity contribution in [2.45, 2.75) is 28.6 Å². The molecule has 0 aromatic heterocycles. The first-order chi connectivity index (χ1) is 8.13. The molecule has 5 nitrogen and oxygen atoms in total. The standard InChI is InChI=1S/C11H15NO4S/c13-5-7(14)9(15)10(16)11-12-6-3-1-2-4-8(6)17-11/h1-4,7,9-16H,5H2. The van der Waals surface area contributed by atoms with Crippen molar-refractivity contribution < 1.29 is 20.4 Å². The predicted octanol–water partition coefficient (Wildman–Crippen LogP) is -0.395. The lowest BCUT2D eigenvalue weighted by Crippen LogP contribution is -2.46. The minimum atomic E-state index is -1.38. The fourth-order valence-corrected chi connectivity index (χ4v) is 2.85. The van der Waals surface area contributed by atoms with Gasteiger partial charge in [-0.15, -0.1) is 0 Å². The molecule has 6 heteroatoms. The Morgan fingerprint density at radius 2 is 1.94 bits per heavy atom. The molecule has 1 aromatic carbocycles. The van der Waals surface area contributed by atoms with Crippen molar-refractivity contribution in [3.8, 4) is 0 Å². The van der Waals surface area contributed by atoms with Crippen LogP contribution in [0.15, 0.2) is 29.2 Å². The lowest BCUT2D eigenvalue weighted by molar-refractivity contribution is -0.0741. The highest BCUT2D eigenvalue weighted by Crippen LogP contribution is 2.39. The summed E-state index contributed by atoms with van der Waals surface area (Å²) in [5, 5.41) is 40.1. The fourth-order valence-electron chi connectivity index (χ4n) is 1.68. The van der Waals surface area contributed by atoms with Crippen LogP contribution in [0.2, 0.25) is 0 Å². The van der Waals surface area contributed by atoms with Gasteiger partial charge in [-0.25, -0.2) is 0 Å². The summed E-state index contributed by atoms with van der Waals surface area (Å²) < 4.78 is 0. The molecule has 0 radical (unpaired) electrons. The van der Waals surface area contributed by atoms with Crippen LogP contribution in [0.25, 0.3) is 0 Å². The molecular formula is C11H15NO4S. The topological polar surface area (TPSA) is 93.0 Å². The molecule has 94 valence electrons. The summed E-state index contributed by atoms with van der Waals surface area (Å²) in [5.74, 6) is 0. The Hall–Kier alpha value is -0.790. The molecule has 0 aliphatic carbocycles. The molecule has 1 aliphatic heterocycles. The monoisotopic (exact) mass is 257 g/mol. The van der Waals surface area contributed by atoms with Crippen LogP contribution in [0, 0.1) is 0 Å². The van der Waals surface area contributed by atoms with Crippen LogP contribution in [-0.4, -0.2) is 50.7 Å². The highest BCUT2D eigenvalue weighted by molar-refractivity contribution is 8.00. The van der Waals surface area contributed by atoms with E-state index in [9.17, 15) is 15.3 Å². The maximum absolute atomic E-state index is 9.89. The van der Waals surface area contributed by atoms with E-state index in [0.29, 0.717) is 0 Å². The molecule has 1 aliphatic rings. The van der Waals surface area contributed by atoms with E-state index in [1.807, 2.05) is 24.3 Å². The Morgan fingerprint density at radius 3 is 2.59 bits per heavy atom. The summed E-state index contributed by atoms with van der Waals surface area (Å²) >= 11 is 1.39. The van der Waals surface area contributed by atoms with E-state index in [-0.39, 0.29) is 0 Å². The van der Waals surface area contributed by atoms with Gasteiger partial charge in [-0.3, -0.25) is 0 Å². The van der Waals surface area contributed by atoms with E-state index >= 15 is 0 Å². The van der Waals surface area contributed by atoms with Gasteiger partial charge in [0.1, 0.15) is 23.7 Å². The largest absolute Gasteiger partial charge is 0.394 e. The minimum absolute atomic E-state index is 0.427. The van der Waals surface area contributed by atoms with Crippen LogP contribution in [0.4, 0.5) is 5.69 Å². The molecule has 4 unspecified atom stereocenters. The summed E-state index contributed by atoms with van der Waals surface area (Å²) in [6, 6.07) is 7.56. The summed E-state index contributed by atoms with van der Waals surface area (Å²) in [6.07, 6.45) is -3.87. The van der Waals surface area contributed by atoms with E-state index in [1.54, 1.807) is 0 Å². The molecule has 0 spiro atoms. The van der Waals surface area contributed by atoms with Crippen molar-refractivity contribution in [3.63, 3.8) is 0 Å². The first-order valence-corrected chi connectivity index (χ1v) is 6.18. The summed E-state index contributed by atoms with van der Waals surface area (Å²) in [7, 11) is 0. The van der Waals surface area contributed by atoms with E-state index in [1.165, 1.54) is 11.8 Å². The Bertz CT molecular complexity index is 364. The predicted molar refractivity (Wildman–Crippen MR) is 64.8 cm³/mol. The van der Waals surface area contributed by atoms with Crippen LogP contribution in [0.1, 0.15) is 0 Å². The Balaban J connectivity index is 2.03. The van der Waals surface area contributed by atoms with E-state index in [4.69, 9.17) is 5.11 Å². The van der Waals surface area contributed by atoms with Crippen LogP contribution >= 0.6 is 11.8 Å². The third kappa shape index (κ3) is 2.56. The summed E-state index contributed by atoms with van der Waals surface area (Å²) in [5.41, 5.74) is 0.896. The quantitative estimate of drug-likeness (QED) is 0.504. The molecule has 0 saturated heterocycles. The highest BCUT2D eigenvalue weighted by Gasteiger charge is 2.35. The van der Waals surface area contributed by atoms with Crippen molar-refractivity contribution >= 4 is 17.4 Å². The minimum Gasteiger partial charge on any atom is -0.394 e. The molecule has 5 N–H and O–H groups in total. The van der Waals surface area contributed by atoms with E-state index in [2.05, 4.69) is 5.32 Å². The number of para-hydroxylation sites is 1. The maximum atomic E-state index is 9.89. The number of benzene rings is 1. The van der Waals surface area contributed by atoms with Gasteiger partial charge in [0, 0.05) is 10.6 Å². The molecule has 0 fully saturated rings. The third-order valence-electron chi connectivity index (χ3n) is 2.68. The van der Waals surface area contributed by atoms with E-state index < -0.39 is 30.3 Å². The van der Waals surface area contributed by atoms with Crippen LogP contribution in [0.3, 0.4) is 0 Å². The number of aliphatic hydroxyl groups excluding tert-OH is 4. The smallest absolute Gasteiger partial charge is 0.112 e. The van der Waals surface area contributed by atoms with Gasteiger partial charge >= 0.3 is 0 Å². The first-order valence-electron chi connectivity index (χ1n) is 5.30. The Morgan fingerprint density at radius 1 is 1.24 bits per heavy atom. The lowest BCUT2D eigenvalue weighted by atomic mass is 10.1. The van der Waals surface area contributed by atoms with Gasteiger partial charge in [0.05, 0.1) is 6.61 Å². The van der Waals surface area contributed by atoms with Crippen molar-refractivity contribution in [1.82, 2.24) is 0 Å². The van der Waals surface area contributed by atoms with Gasteiger partial charge in [0.2, 0.25) is 0 Å². The summed E-state index contributed by atoms with van der Waals surface area (Å²) in [4.78, 5) is 0.988. The normalized spacial score (nSPS) is 23.6. The number of hydrogen-bond acceptors (Lipinski definition) is 6. The molecule has 0 amide bonds. The first kappa shape index (κ1) is 12.7. The second kappa shape index (κ2) is 5.24. The number of anilines is 1. The van der Waals surface area contributed by atoms with Crippen molar-refractivity contribution in [2.24, 2.45) is 0 Å². The molecule has 2 rings (SSSR count). The van der Waals surface area contributed by atoms with Gasteiger partial charge in [-0.1, -0.05) is 23.9 Å². The highest BCUT2D eigenvalue weighted by atomic mass is 32.2. The average Bonchev–Trinajstić information content (AvgIpc) is 2.79. The molecule has 0 bridgehead atoms. The van der Waals surface area contributed by atoms with Crippen molar-refractivity contribution in [3.05, 3.63) is 24.3 Å².